The van der Waals surface area contributed by atoms with Crippen molar-refractivity contribution in [3.8, 4) is 0 Å². The number of amides is 1. The number of ether oxygens (including phenoxy) is 2. The van der Waals surface area contributed by atoms with E-state index < -0.39 is 17.4 Å². The highest BCUT2D eigenvalue weighted by atomic mass is 16.6. The van der Waals surface area contributed by atoms with Gasteiger partial charge in [0.15, 0.2) is 0 Å². The second-order valence-electron chi connectivity index (χ2n) is 7.07. The Morgan fingerprint density at radius 3 is 2.92 bits per heavy atom. The summed E-state index contributed by atoms with van der Waals surface area (Å²) in [7, 11) is 0. The first-order valence-electron chi connectivity index (χ1n) is 8.97. The van der Waals surface area contributed by atoms with Crippen LogP contribution in [-0.2, 0) is 19.1 Å². The molecule has 0 aromatic heterocycles. The van der Waals surface area contributed by atoms with Gasteiger partial charge in [-0.1, -0.05) is 48.6 Å². The van der Waals surface area contributed by atoms with Crippen molar-refractivity contribution in [1.29, 1.82) is 0 Å². The summed E-state index contributed by atoms with van der Waals surface area (Å²) in [6.45, 7) is 2.50. The van der Waals surface area contributed by atoms with Gasteiger partial charge in [0, 0.05) is 5.39 Å². The summed E-state index contributed by atoms with van der Waals surface area (Å²) < 4.78 is 11.3. The van der Waals surface area contributed by atoms with Crippen molar-refractivity contribution in [3.63, 3.8) is 0 Å². The van der Waals surface area contributed by atoms with Crippen LogP contribution in [-0.4, -0.2) is 36.7 Å². The van der Waals surface area contributed by atoms with E-state index in [9.17, 15) is 9.59 Å². The molecule has 1 amide bonds. The van der Waals surface area contributed by atoms with Crippen LogP contribution in [0, 0.1) is 11.8 Å². The molecule has 2 aromatic rings. The Balaban J connectivity index is 1.58. The largest absolute Gasteiger partial charge is 0.466 e. The highest BCUT2D eigenvalue weighted by molar-refractivity contribution is 6.08. The zero-order chi connectivity index (χ0) is 17.9. The molecular weight excluding hydrogens is 330 g/mol. The summed E-state index contributed by atoms with van der Waals surface area (Å²) >= 11 is 0. The summed E-state index contributed by atoms with van der Waals surface area (Å²) in [5, 5.41) is 2.10. The summed E-state index contributed by atoms with van der Waals surface area (Å²) in [6, 6.07) is 13.9. The zero-order valence-electron chi connectivity index (χ0n) is 14.4. The predicted molar refractivity (Wildman–Crippen MR) is 96.7 cm³/mol. The second kappa shape index (κ2) is 5.42. The van der Waals surface area contributed by atoms with E-state index >= 15 is 0 Å². The van der Waals surface area contributed by atoms with E-state index in [1.165, 1.54) is 0 Å². The summed E-state index contributed by atoms with van der Waals surface area (Å²) in [5.74, 6) is -1.49. The monoisotopic (exact) mass is 349 g/mol. The number of anilines is 1. The van der Waals surface area contributed by atoms with Gasteiger partial charge >= 0.3 is 5.97 Å². The van der Waals surface area contributed by atoms with Crippen molar-refractivity contribution in [2.45, 2.75) is 18.6 Å². The smallest absolute Gasteiger partial charge is 0.312 e. The standard InChI is InChI=1S/C21H19NO4/c1-2-25-20(24)17-16-10-11-21(26-16)12-22(19(23)18(17)21)15-9-5-7-13-6-3-4-8-14(13)15/h3-11,16-18H,2,12H2,1H3/t16-,17+,18+,21-/m1/s1. The number of nitrogens with zero attached hydrogens (tertiary/aromatic N) is 1. The van der Waals surface area contributed by atoms with Gasteiger partial charge in [-0.3, -0.25) is 9.59 Å². The van der Waals surface area contributed by atoms with Gasteiger partial charge in [-0.05, 0) is 18.4 Å². The van der Waals surface area contributed by atoms with Gasteiger partial charge in [-0.25, -0.2) is 0 Å². The van der Waals surface area contributed by atoms with Gasteiger partial charge in [0.25, 0.3) is 0 Å². The number of hydrogen-bond donors (Lipinski definition) is 0. The van der Waals surface area contributed by atoms with Crippen molar-refractivity contribution in [2.24, 2.45) is 11.8 Å². The van der Waals surface area contributed by atoms with Crippen molar-refractivity contribution in [2.75, 3.05) is 18.1 Å². The van der Waals surface area contributed by atoms with Gasteiger partial charge in [0.1, 0.15) is 11.5 Å². The minimum absolute atomic E-state index is 0.0637. The van der Waals surface area contributed by atoms with Crippen LogP contribution in [0.4, 0.5) is 5.69 Å². The maximum Gasteiger partial charge on any atom is 0.312 e. The maximum absolute atomic E-state index is 13.3. The van der Waals surface area contributed by atoms with E-state index in [2.05, 4.69) is 0 Å². The third-order valence-electron chi connectivity index (χ3n) is 5.72. The lowest BCUT2D eigenvalue weighted by molar-refractivity contribution is -0.151. The maximum atomic E-state index is 13.3. The molecule has 5 nitrogen and oxygen atoms in total. The van der Waals surface area contributed by atoms with E-state index in [-0.39, 0.29) is 18.0 Å². The molecule has 4 atom stereocenters. The number of benzene rings is 2. The van der Waals surface area contributed by atoms with E-state index in [0.29, 0.717) is 13.2 Å². The normalized spacial score (nSPS) is 31.7. The first-order chi connectivity index (χ1) is 12.6. The average molecular weight is 349 g/mol. The lowest BCUT2D eigenvalue weighted by Crippen LogP contribution is -2.40. The lowest BCUT2D eigenvalue weighted by Gasteiger charge is -2.22. The van der Waals surface area contributed by atoms with Crippen molar-refractivity contribution >= 4 is 28.3 Å². The summed E-state index contributed by atoms with van der Waals surface area (Å²) in [4.78, 5) is 27.6. The summed E-state index contributed by atoms with van der Waals surface area (Å²) in [5.41, 5.74) is 0.135. The van der Waals surface area contributed by atoms with Crippen LogP contribution in [0.25, 0.3) is 10.8 Å². The second-order valence-corrected chi connectivity index (χ2v) is 7.07. The van der Waals surface area contributed by atoms with Crippen LogP contribution in [0.5, 0.6) is 0 Å². The van der Waals surface area contributed by atoms with E-state index in [1.54, 1.807) is 11.8 Å². The quantitative estimate of drug-likeness (QED) is 0.631. The van der Waals surface area contributed by atoms with Crippen LogP contribution >= 0.6 is 0 Å². The molecule has 3 heterocycles. The third kappa shape index (κ3) is 1.95. The van der Waals surface area contributed by atoms with Gasteiger partial charge in [0.2, 0.25) is 5.91 Å². The molecule has 2 aromatic carbocycles. The molecule has 2 bridgehead atoms. The molecule has 0 saturated carbocycles. The molecule has 5 heteroatoms. The van der Waals surface area contributed by atoms with Crippen molar-refractivity contribution in [3.05, 3.63) is 54.6 Å². The fraction of sp³-hybridized carbons (Fsp3) is 0.333. The Bertz CT molecular complexity index is 947. The molecule has 3 aliphatic heterocycles. The molecule has 26 heavy (non-hydrogen) atoms. The molecule has 2 fully saturated rings. The molecule has 132 valence electrons. The van der Waals surface area contributed by atoms with Crippen LogP contribution in [0.1, 0.15) is 6.92 Å². The number of carbonyl (C=O) groups is 2. The molecule has 0 radical (unpaired) electrons. The van der Waals surface area contributed by atoms with Gasteiger partial charge in [-0.2, -0.15) is 0 Å². The van der Waals surface area contributed by atoms with E-state index in [0.717, 1.165) is 16.5 Å². The Morgan fingerprint density at radius 2 is 2.08 bits per heavy atom. The molecular formula is C21H19NO4. The predicted octanol–water partition coefficient (Wildman–Crippen LogP) is 2.69. The molecule has 0 aliphatic carbocycles. The van der Waals surface area contributed by atoms with Gasteiger partial charge < -0.3 is 14.4 Å². The SMILES string of the molecule is CCOC(=O)[C@@H]1[C@H]2C(=O)N(c3cccc4ccccc34)C[C@]23C=C[C@H]1O3. The number of fused-ring (bicyclic) bond motifs is 2. The fourth-order valence-corrected chi connectivity index (χ4v) is 4.65. The molecule has 2 saturated heterocycles. The van der Waals surface area contributed by atoms with Gasteiger partial charge in [-0.15, -0.1) is 0 Å². The Morgan fingerprint density at radius 1 is 1.27 bits per heavy atom. The average Bonchev–Trinajstić information content (AvgIpc) is 3.30. The minimum atomic E-state index is -0.726. The molecule has 5 rings (SSSR count). The first-order valence-corrected chi connectivity index (χ1v) is 8.97. The number of rotatable bonds is 3. The minimum Gasteiger partial charge on any atom is -0.466 e. The molecule has 0 unspecified atom stereocenters. The number of esters is 1. The molecule has 0 N–H and O–H groups in total. The third-order valence-corrected chi connectivity index (χ3v) is 5.72. The Hall–Kier alpha value is -2.66. The van der Waals surface area contributed by atoms with Crippen LogP contribution < -0.4 is 4.90 Å². The zero-order valence-corrected chi connectivity index (χ0v) is 14.4. The highest BCUT2D eigenvalue weighted by Gasteiger charge is 2.67. The molecule has 3 aliphatic rings. The van der Waals surface area contributed by atoms with Crippen LogP contribution in [0.3, 0.4) is 0 Å². The van der Waals surface area contributed by atoms with E-state index in [1.807, 2.05) is 54.6 Å². The first kappa shape index (κ1) is 15.6. The molecule has 1 spiro atoms. The summed E-state index contributed by atoms with van der Waals surface area (Å²) in [6.07, 6.45) is 3.50. The van der Waals surface area contributed by atoms with Crippen LogP contribution in [0.2, 0.25) is 0 Å². The van der Waals surface area contributed by atoms with Crippen LogP contribution in [0.15, 0.2) is 54.6 Å². The van der Waals surface area contributed by atoms with Crippen molar-refractivity contribution < 1.29 is 19.1 Å². The fourth-order valence-electron chi connectivity index (χ4n) is 4.65. The lowest BCUT2D eigenvalue weighted by atomic mass is 9.77. The Labute approximate surface area is 151 Å². The van der Waals surface area contributed by atoms with Crippen molar-refractivity contribution in [1.82, 2.24) is 0 Å². The Kier molecular flexibility index (Phi) is 3.25. The van der Waals surface area contributed by atoms with E-state index in [4.69, 9.17) is 9.47 Å². The number of carbonyl (C=O) groups excluding carboxylic acids is 2. The topological polar surface area (TPSA) is 55.8 Å². The number of hydrogen-bond acceptors (Lipinski definition) is 4. The highest BCUT2D eigenvalue weighted by Crippen LogP contribution is 2.53. The van der Waals surface area contributed by atoms with Gasteiger partial charge in [0.05, 0.1) is 30.9 Å².